The second-order valence-corrected chi connectivity index (χ2v) is 13.8. The van der Waals surface area contributed by atoms with Crippen LogP contribution in [0.15, 0.2) is 84.9 Å². The van der Waals surface area contributed by atoms with E-state index < -0.39 is 53.8 Å². The Morgan fingerprint density at radius 3 is 2.13 bits per heavy atom. The predicted molar refractivity (Wildman–Crippen MR) is 207 cm³/mol. The molecule has 13 nitrogen and oxygen atoms in total. The Labute approximate surface area is 319 Å². The molecule has 4 atom stereocenters. The normalized spacial score (nSPS) is 17.5. The van der Waals surface area contributed by atoms with Gasteiger partial charge in [-0.3, -0.25) is 19.2 Å². The number of carbonyl (C=O) groups excluding carboxylic acids is 5. The van der Waals surface area contributed by atoms with Crippen LogP contribution in [0.5, 0.6) is 11.5 Å². The number of nitrogens with two attached hydrogens (primary N) is 1. The molecule has 288 valence electrons. The van der Waals surface area contributed by atoms with Crippen LogP contribution in [0.2, 0.25) is 0 Å². The Morgan fingerprint density at radius 1 is 0.873 bits per heavy atom. The molecule has 55 heavy (non-hydrogen) atoms. The van der Waals surface area contributed by atoms with Crippen LogP contribution >= 0.6 is 0 Å². The highest BCUT2D eigenvalue weighted by molar-refractivity contribution is 5.99. The first-order valence-electron chi connectivity index (χ1n) is 18.1. The summed E-state index contributed by atoms with van der Waals surface area (Å²) >= 11 is 0. The van der Waals surface area contributed by atoms with Crippen molar-refractivity contribution in [2.45, 2.75) is 63.7 Å². The smallest absolute Gasteiger partial charge is 0.328 e. The number of fused-ring (bicyclic) bond motifs is 5. The van der Waals surface area contributed by atoms with Crippen LogP contribution in [0.1, 0.15) is 59.3 Å². The van der Waals surface area contributed by atoms with E-state index in [1.807, 2.05) is 43.3 Å². The second kappa shape index (κ2) is 17.7. The molecule has 4 amide bonds. The van der Waals surface area contributed by atoms with Crippen LogP contribution in [0.25, 0.3) is 22.3 Å². The number of methoxy groups -OCH3 is 1. The third-order valence-corrected chi connectivity index (χ3v) is 9.75. The Balaban J connectivity index is 1.50. The molecule has 4 bridgehead atoms. The maximum Gasteiger partial charge on any atom is 0.328 e. The molecule has 0 unspecified atom stereocenters. The molecule has 1 aliphatic heterocycles. The third-order valence-electron chi connectivity index (χ3n) is 9.75. The Kier molecular flexibility index (Phi) is 12.9. The molecular weight excluding hydrogens is 702 g/mol. The Bertz CT molecular complexity index is 2050. The van der Waals surface area contributed by atoms with Gasteiger partial charge in [0.25, 0.3) is 5.91 Å². The van der Waals surface area contributed by atoms with Crippen LogP contribution in [0.4, 0.5) is 0 Å². The minimum atomic E-state index is -1.38. The number of phenolic OH excluding ortho intramolecular Hbond substituents is 2. The lowest BCUT2D eigenvalue weighted by molar-refractivity contribution is -0.145. The van der Waals surface area contributed by atoms with Crippen molar-refractivity contribution in [1.82, 2.24) is 20.9 Å². The van der Waals surface area contributed by atoms with Gasteiger partial charge in [0, 0.05) is 30.2 Å². The lowest BCUT2D eigenvalue weighted by Gasteiger charge is -2.32. The summed E-state index contributed by atoms with van der Waals surface area (Å²) in [5, 5.41) is 30.0. The number of benzene rings is 4. The standard InChI is InChI=1S/C42H47N5O8/c1-24-8-11-27(12-9-24)28-13-15-29(16-14-28)39(51)45-33(7-5-6-20-43)41(53)47(3)37-30-17-19-36(49)32(23-30)31-21-26(10-18-35(31)48)22-34(42(54)55-4)46-38(50)25(2)44-40(37)52/h8-19,21,23,25,33-34,37,48-49H,5-7,20,22,43H2,1-4H3,(H,44,52)(H,45,51)(H,46,50)/t25-,33-,34-,37-/m0/s1. The van der Waals surface area contributed by atoms with Crippen molar-refractivity contribution >= 4 is 29.6 Å². The number of unbranched alkanes of at least 4 members (excludes halogenated alkanes) is 1. The van der Waals surface area contributed by atoms with E-state index in [9.17, 15) is 34.2 Å². The van der Waals surface area contributed by atoms with Crippen molar-refractivity contribution in [2.24, 2.45) is 5.73 Å². The molecular formula is C42H47N5O8. The Morgan fingerprint density at radius 2 is 1.49 bits per heavy atom. The number of hydrogen-bond acceptors (Lipinski definition) is 9. The molecule has 7 N–H and O–H groups in total. The molecule has 1 heterocycles. The summed E-state index contributed by atoms with van der Waals surface area (Å²) in [6.45, 7) is 3.81. The molecule has 0 radical (unpaired) electrons. The lowest BCUT2D eigenvalue weighted by Crippen LogP contribution is -2.55. The van der Waals surface area contributed by atoms with Gasteiger partial charge in [-0.05, 0) is 98.3 Å². The average Bonchev–Trinajstić information content (AvgIpc) is 3.18. The molecule has 0 aliphatic carbocycles. The third kappa shape index (κ3) is 9.48. The summed E-state index contributed by atoms with van der Waals surface area (Å²) in [7, 11) is 2.60. The minimum Gasteiger partial charge on any atom is -0.507 e. The van der Waals surface area contributed by atoms with Crippen molar-refractivity contribution in [3.8, 4) is 33.8 Å². The summed E-state index contributed by atoms with van der Waals surface area (Å²) in [6.07, 6.45) is 1.29. The first-order chi connectivity index (χ1) is 26.3. The van der Waals surface area contributed by atoms with Gasteiger partial charge < -0.3 is 41.5 Å². The van der Waals surface area contributed by atoms with Crippen LogP contribution in [-0.2, 0) is 30.3 Å². The molecule has 1 aliphatic rings. The number of nitrogens with zero attached hydrogens (tertiary/aromatic N) is 1. The molecule has 4 aromatic rings. The minimum absolute atomic E-state index is 0.0131. The number of phenols is 2. The molecule has 5 rings (SSSR count). The van der Waals surface area contributed by atoms with E-state index >= 15 is 0 Å². The first kappa shape index (κ1) is 40.0. The highest BCUT2D eigenvalue weighted by Crippen LogP contribution is 2.39. The van der Waals surface area contributed by atoms with E-state index in [0.717, 1.165) is 16.7 Å². The zero-order valence-electron chi connectivity index (χ0n) is 31.3. The van der Waals surface area contributed by atoms with Gasteiger partial charge in [0.15, 0.2) is 0 Å². The van der Waals surface area contributed by atoms with Crippen LogP contribution in [-0.4, -0.2) is 83.5 Å². The number of amides is 4. The molecule has 0 spiro atoms. The van der Waals surface area contributed by atoms with Gasteiger partial charge >= 0.3 is 5.97 Å². The number of rotatable bonds is 10. The van der Waals surface area contributed by atoms with E-state index in [-0.39, 0.29) is 41.0 Å². The van der Waals surface area contributed by atoms with Crippen molar-refractivity contribution in [3.63, 3.8) is 0 Å². The Hall–Kier alpha value is -6.21. The molecule has 0 saturated carbocycles. The highest BCUT2D eigenvalue weighted by Gasteiger charge is 2.36. The molecule has 13 heteroatoms. The maximum atomic E-state index is 14.4. The van der Waals surface area contributed by atoms with Crippen molar-refractivity contribution in [3.05, 3.63) is 107 Å². The van der Waals surface area contributed by atoms with Crippen molar-refractivity contribution in [1.29, 1.82) is 0 Å². The van der Waals surface area contributed by atoms with Gasteiger partial charge in [0.05, 0.1) is 7.11 Å². The largest absolute Gasteiger partial charge is 0.507 e. The summed E-state index contributed by atoms with van der Waals surface area (Å²) in [5.41, 5.74) is 10.3. The zero-order chi connectivity index (χ0) is 39.8. The van der Waals surface area contributed by atoms with E-state index in [1.54, 1.807) is 24.3 Å². The first-order valence-corrected chi connectivity index (χ1v) is 18.1. The number of ether oxygens (including phenoxy) is 1. The second-order valence-electron chi connectivity index (χ2n) is 13.8. The monoisotopic (exact) mass is 749 g/mol. The number of carbonyl (C=O) groups is 5. The average molecular weight is 750 g/mol. The summed E-state index contributed by atoms with van der Waals surface area (Å²) in [4.78, 5) is 69.5. The van der Waals surface area contributed by atoms with E-state index in [0.29, 0.717) is 30.5 Å². The maximum absolute atomic E-state index is 14.4. The SMILES string of the molecule is COC(=O)[C@@H]1Cc2ccc(O)c(c2)-c2cc(ccc2O)[C@H](N(C)C(=O)[C@H](CCCCN)NC(=O)c2ccc(-c3ccc(C)cc3)cc2)C(=O)N[C@@H](C)C(=O)N1. The van der Waals surface area contributed by atoms with Crippen molar-refractivity contribution in [2.75, 3.05) is 20.7 Å². The molecule has 0 aromatic heterocycles. The quantitative estimate of drug-likeness (QED) is 0.103. The fourth-order valence-corrected chi connectivity index (χ4v) is 6.57. The zero-order valence-corrected chi connectivity index (χ0v) is 31.3. The fraction of sp³-hybridized carbons (Fsp3) is 0.310. The topological polar surface area (TPSA) is 200 Å². The highest BCUT2D eigenvalue weighted by atomic mass is 16.5. The molecule has 4 aromatic carbocycles. The lowest BCUT2D eigenvalue weighted by atomic mass is 9.93. The van der Waals surface area contributed by atoms with Gasteiger partial charge in [0.2, 0.25) is 17.7 Å². The fourth-order valence-electron chi connectivity index (χ4n) is 6.57. The number of hydrogen-bond donors (Lipinski definition) is 6. The van der Waals surface area contributed by atoms with Crippen LogP contribution < -0.4 is 21.7 Å². The predicted octanol–water partition coefficient (Wildman–Crippen LogP) is 3.89. The molecule has 0 saturated heterocycles. The number of nitrogens with one attached hydrogen (secondary N) is 3. The van der Waals surface area contributed by atoms with Gasteiger partial charge in [-0.25, -0.2) is 4.79 Å². The van der Waals surface area contributed by atoms with Gasteiger partial charge in [-0.2, -0.15) is 0 Å². The van der Waals surface area contributed by atoms with Gasteiger partial charge in [-0.1, -0.05) is 54.1 Å². The van der Waals surface area contributed by atoms with Crippen LogP contribution in [0.3, 0.4) is 0 Å². The van der Waals surface area contributed by atoms with E-state index in [2.05, 4.69) is 16.0 Å². The van der Waals surface area contributed by atoms with Crippen molar-refractivity contribution < 1.29 is 38.9 Å². The number of likely N-dealkylation sites (N-methyl/N-ethyl adjacent to an activating group) is 1. The van der Waals surface area contributed by atoms with Gasteiger partial charge in [-0.15, -0.1) is 0 Å². The summed E-state index contributed by atoms with van der Waals surface area (Å²) in [5.74, 6) is -3.66. The van der Waals surface area contributed by atoms with Crippen LogP contribution in [0, 0.1) is 6.92 Å². The van der Waals surface area contributed by atoms with E-state index in [1.165, 1.54) is 50.2 Å². The van der Waals surface area contributed by atoms with E-state index in [4.69, 9.17) is 10.5 Å². The number of aromatic hydroxyl groups is 2. The number of esters is 1. The number of aryl methyl sites for hydroxylation is 1. The summed E-state index contributed by atoms with van der Waals surface area (Å²) in [6, 6.07) is 19.1. The van der Waals surface area contributed by atoms with Gasteiger partial charge in [0.1, 0.15) is 35.7 Å². The molecule has 0 fully saturated rings. The summed E-state index contributed by atoms with van der Waals surface area (Å²) < 4.78 is 4.92.